The maximum atomic E-state index is 12.0. The highest BCUT2D eigenvalue weighted by Gasteiger charge is 2.36. The molecule has 1 heterocycles. The van der Waals surface area contributed by atoms with Gasteiger partial charge < -0.3 is 9.64 Å². The lowest BCUT2D eigenvalue weighted by Gasteiger charge is -2.19. The molecule has 1 fully saturated rings. The maximum Gasteiger partial charge on any atom is 0.311 e. The van der Waals surface area contributed by atoms with E-state index in [-0.39, 0.29) is 24.2 Å². The van der Waals surface area contributed by atoms with Gasteiger partial charge in [-0.25, -0.2) is 0 Å². The minimum atomic E-state index is -0.351. The lowest BCUT2D eigenvalue weighted by Crippen LogP contribution is -2.27. The van der Waals surface area contributed by atoms with E-state index >= 15 is 0 Å². The molecule has 0 aliphatic carbocycles. The highest BCUT2D eigenvalue weighted by atomic mass is 79.9. The number of carbonyl (C=O) groups is 2. The molecule has 2 rings (SSSR count). The smallest absolute Gasteiger partial charge is 0.311 e. The van der Waals surface area contributed by atoms with Gasteiger partial charge in [-0.2, -0.15) is 0 Å². The van der Waals surface area contributed by atoms with Gasteiger partial charge in [-0.3, -0.25) is 9.59 Å². The number of nitrogens with zero attached hydrogens (tertiary/aromatic N) is 1. The van der Waals surface area contributed by atoms with Gasteiger partial charge >= 0.3 is 5.97 Å². The van der Waals surface area contributed by atoms with Crippen LogP contribution in [0, 0.1) is 12.8 Å². The quantitative estimate of drug-likeness (QED) is 0.803. The summed E-state index contributed by atoms with van der Waals surface area (Å²) >= 11 is 3.40. The fourth-order valence-electron chi connectivity index (χ4n) is 2.28. The second-order valence-electron chi connectivity index (χ2n) is 4.59. The molecule has 102 valence electrons. The molecule has 0 radical (unpaired) electrons. The molecule has 1 aliphatic rings. The molecule has 19 heavy (non-hydrogen) atoms. The molecule has 1 aromatic carbocycles. The number of hydrogen-bond acceptors (Lipinski definition) is 3. The number of hydrogen-bond donors (Lipinski definition) is 0. The molecule has 4 nitrogen and oxygen atoms in total. The van der Waals surface area contributed by atoms with Gasteiger partial charge in [0.1, 0.15) is 0 Å². The molecule has 0 aromatic heterocycles. The zero-order valence-electron chi connectivity index (χ0n) is 11.0. The summed E-state index contributed by atoms with van der Waals surface area (Å²) in [6.45, 7) is 4.47. The van der Waals surface area contributed by atoms with E-state index < -0.39 is 0 Å². The zero-order valence-corrected chi connectivity index (χ0v) is 12.6. The molecule has 1 saturated heterocycles. The lowest BCUT2D eigenvalue weighted by molar-refractivity contribution is -0.147. The van der Waals surface area contributed by atoms with E-state index in [0.717, 1.165) is 15.7 Å². The van der Waals surface area contributed by atoms with Gasteiger partial charge in [0, 0.05) is 23.1 Å². The zero-order chi connectivity index (χ0) is 14.0. The highest BCUT2D eigenvalue weighted by molar-refractivity contribution is 9.10. The van der Waals surface area contributed by atoms with Crippen LogP contribution in [-0.4, -0.2) is 25.0 Å². The molecule has 0 bridgehead atoms. The van der Waals surface area contributed by atoms with E-state index in [1.807, 2.05) is 25.1 Å². The van der Waals surface area contributed by atoms with Gasteiger partial charge in [0.2, 0.25) is 5.91 Å². The highest BCUT2D eigenvalue weighted by Crippen LogP contribution is 2.30. The van der Waals surface area contributed by atoms with Crippen LogP contribution >= 0.6 is 15.9 Å². The summed E-state index contributed by atoms with van der Waals surface area (Å²) < 4.78 is 5.96. The van der Waals surface area contributed by atoms with Crippen LogP contribution in [0.2, 0.25) is 0 Å². The summed E-state index contributed by atoms with van der Waals surface area (Å²) in [6, 6.07) is 5.75. The number of rotatable bonds is 3. The standard InChI is InChI=1S/C14H16BrNO3/c1-3-19-14(18)10-7-13(17)16(8-10)12-5-4-11(15)6-9(12)2/h4-6,10H,3,7-8H2,1-2H3/t10-/m1/s1. The number of aryl methyl sites for hydroxylation is 1. The van der Waals surface area contributed by atoms with Crippen molar-refractivity contribution in [1.29, 1.82) is 0 Å². The van der Waals surface area contributed by atoms with Gasteiger partial charge in [0.05, 0.1) is 12.5 Å². The minimum Gasteiger partial charge on any atom is -0.466 e. The largest absolute Gasteiger partial charge is 0.466 e. The second kappa shape index (κ2) is 5.74. The number of halogens is 1. The summed E-state index contributed by atoms with van der Waals surface area (Å²) in [5, 5.41) is 0. The number of ether oxygens (including phenoxy) is 1. The third-order valence-corrected chi connectivity index (χ3v) is 3.69. The Morgan fingerprint density at radius 2 is 2.26 bits per heavy atom. The first-order valence-corrected chi connectivity index (χ1v) is 7.05. The summed E-state index contributed by atoms with van der Waals surface area (Å²) in [5.41, 5.74) is 1.87. The van der Waals surface area contributed by atoms with Crippen molar-refractivity contribution in [1.82, 2.24) is 0 Å². The fourth-order valence-corrected chi connectivity index (χ4v) is 2.76. The first-order chi connectivity index (χ1) is 9.02. The van der Waals surface area contributed by atoms with E-state index in [4.69, 9.17) is 4.74 Å². The monoisotopic (exact) mass is 325 g/mol. The summed E-state index contributed by atoms with van der Waals surface area (Å²) in [4.78, 5) is 25.4. The van der Waals surface area contributed by atoms with Crippen molar-refractivity contribution < 1.29 is 14.3 Å². The van der Waals surface area contributed by atoms with Gasteiger partial charge in [0.25, 0.3) is 0 Å². The minimum absolute atomic E-state index is 0.0246. The molecule has 0 spiro atoms. The van der Waals surface area contributed by atoms with Crippen LogP contribution < -0.4 is 4.90 Å². The predicted octanol–water partition coefficient (Wildman–Crippen LogP) is 2.67. The van der Waals surface area contributed by atoms with Crippen LogP contribution in [0.5, 0.6) is 0 Å². The summed E-state index contributed by atoms with van der Waals surface area (Å²) in [7, 11) is 0. The molecule has 0 saturated carbocycles. The average molecular weight is 326 g/mol. The molecule has 1 amide bonds. The molecule has 0 unspecified atom stereocenters. The number of amides is 1. The van der Waals surface area contributed by atoms with Crippen LogP contribution in [0.1, 0.15) is 18.9 Å². The Hall–Kier alpha value is -1.36. The summed E-state index contributed by atoms with van der Waals surface area (Å²) in [6.07, 6.45) is 0.230. The Balaban J connectivity index is 2.18. The predicted molar refractivity (Wildman–Crippen MR) is 76.0 cm³/mol. The number of carbonyl (C=O) groups excluding carboxylic acids is 2. The number of benzene rings is 1. The van der Waals surface area contributed by atoms with Crippen molar-refractivity contribution >= 4 is 33.5 Å². The molecular weight excluding hydrogens is 310 g/mol. The van der Waals surface area contributed by atoms with Crippen LogP contribution in [0.15, 0.2) is 22.7 Å². The number of anilines is 1. The van der Waals surface area contributed by atoms with Gasteiger partial charge in [-0.05, 0) is 37.6 Å². The molecular formula is C14H16BrNO3. The van der Waals surface area contributed by atoms with Crippen LogP contribution in [0.25, 0.3) is 0 Å². The van der Waals surface area contributed by atoms with Crippen LogP contribution in [-0.2, 0) is 14.3 Å². The molecule has 0 N–H and O–H groups in total. The van der Waals surface area contributed by atoms with Gasteiger partial charge in [0.15, 0.2) is 0 Å². The van der Waals surface area contributed by atoms with Crippen molar-refractivity contribution in [2.24, 2.45) is 5.92 Å². The van der Waals surface area contributed by atoms with Gasteiger partial charge in [-0.1, -0.05) is 15.9 Å². The first-order valence-electron chi connectivity index (χ1n) is 6.26. The van der Waals surface area contributed by atoms with Crippen LogP contribution in [0.4, 0.5) is 5.69 Å². The van der Waals surface area contributed by atoms with Gasteiger partial charge in [-0.15, -0.1) is 0 Å². The Labute approximate surface area is 120 Å². The Morgan fingerprint density at radius 3 is 2.89 bits per heavy atom. The van der Waals surface area contributed by atoms with Crippen molar-refractivity contribution in [3.63, 3.8) is 0 Å². The Morgan fingerprint density at radius 1 is 1.53 bits per heavy atom. The molecule has 1 aromatic rings. The normalized spacial score (nSPS) is 18.8. The van der Waals surface area contributed by atoms with E-state index in [9.17, 15) is 9.59 Å². The SMILES string of the molecule is CCOC(=O)[C@@H]1CC(=O)N(c2ccc(Br)cc2C)C1. The molecule has 1 aliphatic heterocycles. The van der Waals surface area contributed by atoms with E-state index in [2.05, 4.69) is 15.9 Å². The van der Waals surface area contributed by atoms with Crippen molar-refractivity contribution in [2.75, 3.05) is 18.1 Å². The third kappa shape index (κ3) is 2.97. The number of esters is 1. The Kier molecular flexibility index (Phi) is 4.24. The van der Waals surface area contributed by atoms with Crippen LogP contribution in [0.3, 0.4) is 0 Å². The lowest BCUT2D eigenvalue weighted by atomic mass is 10.1. The third-order valence-electron chi connectivity index (χ3n) is 3.19. The van der Waals surface area contributed by atoms with Crippen molar-refractivity contribution in [3.05, 3.63) is 28.2 Å². The fraction of sp³-hybridized carbons (Fsp3) is 0.429. The maximum absolute atomic E-state index is 12.0. The topological polar surface area (TPSA) is 46.6 Å². The summed E-state index contributed by atoms with van der Waals surface area (Å²) in [5.74, 6) is -0.660. The van der Waals surface area contributed by atoms with E-state index in [1.165, 1.54) is 0 Å². The first kappa shape index (κ1) is 14.1. The van der Waals surface area contributed by atoms with Crippen molar-refractivity contribution in [2.45, 2.75) is 20.3 Å². The molecule has 5 heteroatoms. The molecule has 1 atom stereocenters. The van der Waals surface area contributed by atoms with Crippen molar-refractivity contribution in [3.8, 4) is 0 Å². The second-order valence-corrected chi connectivity index (χ2v) is 5.50. The Bertz CT molecular complexity index is 515. The average Bonchev–Trinajstić information content (AvgIpc) is 2.72. The van der Waals surface area contributed by atoms with E-state index in [0.29, 0.717) is 13.2 Å². The van der Waals surface area contributed by atoms with E-state index in [1.54, 1.807) is 11.8 Å².